The fraction of sp³-hybridized carbons (Fsp3) is 0.750. The number of aromatic nitrogens is 1. The molecule has 1 aromatic heterocycles. The molecule has 1 nitrogen and oxygen atoms in total. The highest BCUT2D eigenvalue weighted by atomic mass is 79.9. The van der Waals surface area contributed by atoms with Crippen molar-refractivity contribution in [1.82, 2.24) is 4.98 Å². The zero-order valence-electron chi connectivity index (χ0n) is 10.0. The smallest absolute Gasteiger partial charge is 0.0797 e. The molecule has 0 radical (unpaired) electrons. The van der Waals surface area contributed by atoms with Crippen molar-refractivity contribution in [1.29, 1.82) is 0 Å². The molecule has 1 aromatic rings. The molecule has 0 aliphatic rings. The molecule has 0 aliphatic carbocycles. The fourth-order valence-electron chi connectivity index (χ4n) is 1.61. The number of nitrogens with zero attached hydrogens (tertiary/aromatic N) is 1. The van der Waals surface area contributed by atoms with Gasteiger partial charge >= 0.3 is 0 Å². The van der Waals surface area contributed by atoms with Crippen molar-refractivity contribution in [2.45, 2.75) is 40.5 Å². The van der Waals surface area contributed by atoms with Gasteiger partial charge in [0.25, 0.3) is 0 Å². The first kappa shape index (κ1) is 13.2. The summed E-state index contributed by atoms with van der Waals surface area (Å²) in [6.45, 7) is 9.06. The third-order valence-corrected chi connectivity index (χ3v) is 4.75. The molecule has 0 amide bonds. The van der Waals surface area contributed by atoms with Crippen molar-refractivity contribution >= 4 is 27.3 Å². The number of rotatable bonds is 4. The van der Waals surface area contributed by atoms with Crippen LogP contribution in [0.1, 0.15) is 37.8 Å². The van der Waals surface area contributed by atoms with E-state index in [1.54, 1.807) is 11.3 Å². The Morgan fingerprint density at radius 2 is 2.13 bits per heavy atom. The standard InChI is InChI=1S/C12H20BrNS/c1-9-11(15-8-14-9)6-5-10(7-13)12(2,3)4/h8,10H,5-7H2,1-4H3. The van der Waals surface area contributed by atoms with Gasteiger partial charge in [-0.25, -0.2) is 4.98 Å². The highest BCUT2D eigenvalue weighted by Gasteiger charge is 2.23. The van der Waals surface area contributed by atoms with E-state index in [-0.39, 0.29) is 0 Å². The molecular weight excluding hydrogens is 270 g/mol. The Morgan fingerprint density at radius 1 is 1.47 bits per heavy atom. The summed E-state index contributed by atoms with van der Waals surface area (Å²) in [7, 11) is 0. The van der Waals surface area contributed by atoms with E-state index >= 15 is 0 Å². The van der Waals surface area contributed by atoms with Crippen LogP contribution in [0.4, 0.5) is 0 Å². The molecular formula is C12H20BrNS. The van der Waals surface area contributed by atoms with Gasteiger partial charge in [0.15, 0.2) is 0 Å². The Bertz CT molecular complexity index is 301. The lowest BCUT2D eigenvalue weighted by atomic mass is 9.79. The maximum absolute atomic E-state index is 4.29. The van der Waals surface area contributed by atoms with Crippen LogP contribution in [0.25, 0.3) is 0 Å². The molecule has 15 heavy (non-hydrogen) atoms. The first-order valence-electron chi connectivity index (χ1n) is 5.40. The Kier molecular flexibility index (Phi) is 4.78. The molecule has 1 rings (SSSR count). The largest absolute Gasteiger partial charge is 0.250 e. The van der Waals surface area contributed by atoms with Crippen molar-refractivity contribution < 1.29 is 0 Å². The van der Waals surface area contributed by atoms with Crippen molar-refractivity contribution in [3.8, 4) is 0 Å². The van der Waals surface area contributed by atoms with E-state index < -0.39 is 0 Å². The van der Waals surface area contributed by atoms with Crippen LogP contribution >= 0.6 is 27.3 Å². The minimum absolute atomic E-state index is 0.391. The van der Waals surface area contributed by atoms with Crippen LogP contribution in [-0.2, 0) is 6.42 Å². The van der Waals surface area contributed by atoms with Crippen LogP contribution in [0.5, 0.6) is 0 Å². The topological polar surface area (TPSA) is 12.9 Å². The summed E-state index contributed by atoms with van der Waals surface area (Å²) in [6, 6.07) is 0. The second-order valence-electron chi connectivity index (χ2n) is 5.12. The summed E-state index contributed by atoms with van der Waals surface area (Å²) < 4.78 is 0. The van der Waals surface area contributed by atoms with Crippen LogP contribution in [0.15, 0.2) is 5.51 Å². The van der Waals surface area contributed by atoms with E-state index in [1.807, 2.05) is 5.51 Å². The van der Waals surface area contributed by atoms with Crippen LogP contribution in [0.3, 0.4) is 0 Å². The summed E-state index contributed by atoms with van der Waals surface area (Å²) in [5.41, 5.74) is 3.55. The maximum atomic E-state index is 4.29. The summed E-state index contributed by atoms with van der Waals surface area (Å²) in [5, 5.41) is 1.09. The normalized spacial score (nSPS) is 14.2. The monoisotopic (exact) mass is 289 g/mol. The molecule has 0 spiro atoms. The van der Waals surface area contributed by atoms with Crippen LogP contribution in [0, 0.1) is 18.3 Å². The van der Waals surface area contributed by atoms with Gasteiger partial charge in [0, 0.05) is 10.2 Å². The molecule has 0 bridgehead atoms. The Hall–Kier alpha value is 0.110. The molecule has 1 unspecified atom stereocenters. The third kappa shape index (κ3) is 3.87. The second kappa shape index (κ2) is 5.44. The Labute approximate surface area is 105 Å². The molecule has 3 heteroatoms. The van der Waals surface area contributed by atoms with Gasteiger partial charge in [-0.1, -0.05) is 36.7 Å². The minimum Gasteiger partial charge on any atom is -0.250 e. The van der Waals surface area contributed by atoms with Gasteiger partial charge in [0.05, 0.1) is 11.2 Å². The molecule has 86 valence electrons. The molecule has 0 saturated carbocycles. The summed E-state index contributed by atoms with van der Waals surface area (Å²) in [6.07, 6.45) is 2.42. The number of hydrogen-bond donors (Lipinski definition) is 0. The van der Waals surface area contributed by atoms with Gasteiger partial charge in [-0.3, -0.25) is 0 Å². The predicted octanol–water partition coefficient (Wildman–Crippen LogP) is 4.44. The number of halogens is 1. The van der Waals surface area contributed by atoms with E-state index in [9.17, 15) is 0 Å². The predicted molar refractivity (Wildman–Crippen MR) is 71.9 cm³/mol. The van der Waals surface area contributed by atoms with E-state index in [4.69, 9.17) is 0 Å². The van der Waals surface area contributed by atoms with Crippen LogP contribution in [-0.4, -0.2) is 10.3 Å². The first-order chi connectivity index (χ1) is 6.95. The van der Waals surface area contributed by atoms with Gasteiger partial charge in [-0.2, -0.15) is 0 Å². The minimum atomic E-state index is 0.391. The lowest BCUT2D eigenvalue weighted by molar-refractivity contribution is 0.254. The zero-order valence-corrected chi connectivity index (χ0v) is 12.4. The summed E-state index contributed by atoms with van der Waals surface area (Å²) in [5.74, 6) is 0.735. The average Bonchev–Trinajstić information content (AvgIpc) is 2.50. The van der Waals surface area contributed by atoms with Crippen LogP contribution in [0.2, 0.25) is 0 Å². The molecule has 0 N–H and O–H groups in total. The zero-order chi connectivity index (χ0) is 11.5. The van der Waals surface area contributed by atoms with E-state index in [1.165, 1.54) is 23.4 Å². The SMILES string of the molecule is Cc1ncsc1CCC(CBr)C(C)(C)C. The second-order valence-corrected chi connectivity index (χ2v) is 6.70. The van der Waals surface area contributed by atoms with Gasteiger partial charge in [-0.05, 0) is 31.1 Å². The third-order valence-electron chi connectivity index (χ3n) is 2.98. The average molecular weight is 290 g/mol. The molecule has 1 heterocycles. The molecule has 1 atom stereocenters. The molecule has 0 aromatic carbocycles. The number of hydrogen-bond acceptors (Lipinski definition) is 2. The lowest BCUT2D eigenvalue weighted by Crippen LogP contribution is -2.22. The van der Waals surface area contributed by atoms with Gasteiger partial charge in [0.1, 0.15) is 0 Å². The molecule has 0 aliphatic heterocycles. The number of alkyl halides is 1. The highest BCUT2D eigenvalue weighted by Crippen LogP contribution is 2.32. The molecule has 0 saturated heterocycles. The lowest BCUT2D eigenvalue weighted by Gasteiger charge is -2.29. The quantitative estimate of drug-likeness (QED) is 0.747. The van der Waals surface area contributed by atoms with Crippen molar-refractivity contribution in [3.63, 3.8) is 0 Å². The maximum Gasteiger partial charge on any atom is 0.0797 e. The Morgan fingerprint density at radius 3 is 2.53 bits per heavy atom. The number of aryl methyl sites for hydroxylation is 2. The summed E-state index contributed by atoms with van der Waals surface area (Å²) >= 11 is 5.41. The van der Waals surface area contributed by atoms with Crippen molar-refractivity contribution in [3.05, 3.63) is 16.1 Å². The van der Waals surface area contributed by atoms with Crippen molar-refractivity contribution in [2.24, 2.45) is 11.3 Å². The Balaban J connectivity index is 2.52. The summed E-state index contributed by atoms with van der Waals surface area (Å²) in [4.78, 5) is 5.74. The van der Waals surface area contributed by atoms with Crippen LogP contribution < -0.4 is 0 Å². The van der Waals surface area contributed by atoms with Gasteiger partial charge in [0.2, 0.25) is 0 Å². The van der Waals surface area contributed by atoms with Gasteiger partial charge < -0.3 is 0 Å². The highest BCUT2D eigenvalue weighted by molar-refractivity contribution is 9.09. The van der Waals surface area contributed by atoms with E-state index in [0.717, 1.165) is 11.2 Å². The number of thiazole rings is 1. The van der Waals surface area contributed by atoms with E-state index in [0.29, 0.717) is 5.41 Å². The van der Waals surface area contributed by atoms with E-state index in [2.05, 4.69) is 48.6 Å². The first-order valence-corrected chi connectivity index (χ1v) is 7.40. The fourth-order valence-corrected chi connectivity index (χ4v) is 3.71. The van der Waals surface area contributed by atoms with Crippen molar-refractivity contribution in [2.75, 3.05) is 5.33 Å². The van der Waals surface area contributed by atoms with Gasteiger partial charge in [-0.15, -0.1) is 11.3 Å². The molecule has 0 fully saturated rings.